The molecule has 0 saturated heterocycles. The average molecular weight is 161 g/mol. The number of nitrogens with zero attached hydrogens (tertiary/aromatic N) is 3. The minimum atomic E-state index is 0.440. The van der Waals surface area contributed by atoms with Crippen LogP contribution in [-0.2, 0) is 7.05 Å². The molecule has 4 nitrogen and oxygen atoms in total. The maximum atomic E-state index is 10.4. The zero-order valence-electron chi connectivity index (χ0n) is 6.56. The third-order valence-electron chi connectivity index (χ3n) is 1.77. The van der Waals surface area contributed by atoms with E-state index in [2.05, 4.69) is 10.1 Å². The largest absolute Gasteiger partial charge is 0.296 e. The second kappa shape index (κ2) is 2.41. The first-order chi connectivity index (χ1) is 5.81. The van der Waals surface area contributed by atoms with Gasteiger partial charge < -0.3 is 0 Å². The standard InChI is InChI=1S/C8H7N3O/c1-11-8-4-9-7(5-12)2-6(8)3-10-11/h2-5H,1H3. The number of carbonyl (C=O) groups is 1. The molecule has 4 heteroatoms. The molecule has 2 rings (SSSR count). The SMILES string of the molecule is Cn1ncc2cc(C=O)ncc21. The van der Waals surface area contributed by atoms with Crippen LogP contribution < -0.4 is 0 Å². The van der Waals surface area contributed by atoms with Crippen LogP contribution in [0.2, 0.25) is 0 Å². The fraction of sp³-hybridized carbons (Fsp3) is 0.125. The number of aryl methyl sites for hydroxylation is 1. The number of aromatic nitrogens is 3. The Morgan fingerprint density at radius 1 is 1.50 bits per heavy atom. The van der Waals surface area contributed by atoms with Crippen molar-refractivity contribution in [2.45, 2.75) is 0 Å². The van der Waals surface area contributed by atoms with Gasteiger partial charge in [-0.05, 0) is 6.07 Å². The van der Waals surface area contributed by atoms with Gasteiger partial charge in [0.05, 0.1) is 17.9 Å². The van der Waals surface area contributed by atoms with E-state index in [1.165, 1.54) is 0 Å². The van der Waals surface area contributed by atoms with Crippen molar-refractivity contribution in [3.63, 3.8) is 0 Å². The first-order valence-electron chi connectivity index (χ1n) is 3.54. The van der Waals surface area contributed by atoms with Crippen molar-refractivity contribution < 1.29 is 4.79 Å². The lowest BCUT2D eigenvalue weighted by Gasteiger charge is -1.92. The molecular weight excluding hydrogens is 154 g/mol. The molecule has 0 aliphatic heterocycles. The molecule has 0 N–H and O–H groups in total. The van der Waals surface area contributed by atoms with Crippen molar-refractivity contribution in [3.05, 3.63) is 24.2 Å². The number of carbonyl (C=O) groups excluding carboxylic acids is 1. The third-order valence-corrected chi connectivity index (χ3v) is 1.77. The average Bonchev–Trinajstić information content (AvgIpc) is 2.47. The van der Waals surface area contributed by atoms with Crippen LogP contribution in [0, 0.1) is 0 Å². The van der Waals surface area contributed by atoms with Crippen LogP contribution in [0.25, 0.3) is 10.9 Å². The summed E-state index contributed by atoms with van der Waals surface area (Å²) in [4.78, 5) is 14.3. The van der Waals surface area contributed by atoms with E-state index in [-0.39, 0.29) is 0 Å². The van der Waals surface area contributed by atoms with Gasteiger partial charge in [0.25, 0.3) is 0 Å². The first-order valence-corrected chi connectivity index (χ1v) is 3.54. The van der Waals surface area contributed by atoms with E-state index in [0.717, 1.165) is 17.2 Å². The minimum Gasteiger partial charge on any atom is -0.296 e. The van der Waals surface area contributed by atoms with Crippen LogP contribution in [0.3, 0.4) is 0 Å². The summed E-state index contributed by atoms with van der Waals surface area (Å²) in [6, 6.07) is 1.72. The fourth-order valence-electron chi connectivity index (χ4n) is 1.13. The van der Waals surface area contributed by atoms with Gasteiger partial charge in [0.2, 0.25) is 0 Å². The predicted octanol–water partition coefficient (Wildman–Crippen LogP) is 0.781. The summed E-state index contributed by atoms with van der Waals surface area (Å²) in [6.07, 6.45) is 4.09. The number of pyridine rings is 1. The number of hydrogen-bond donors (Lipinski definition) is 0. The Bertz CT molecular complexity index is 433. The molecule has 12 heavy (non-hydrogen) atoms. The minimum absolute atomic E-state index is 0.440. The highest BCUT2D eigenvalue weighted by molar-refractivity contribution is 5.84. The summed E-state index contributed by atoms with van der Waals surface area (Å²) >= 11 is 0. The van der Waals surface area contributed by atoms with E-state index in [1.54, 1.807) is 23.1 Å². The van der Waals surface area contributed by atoms with Crippen LogP contribution in [0.5, 0.6) is 0 Å². The third kappa shape index (κ3) is 0.887. The number of rotatable bonds is 1. The Labute approximate surface area is 68.8 Å². The van der Waals surface area contributed by atoms with Crippen molar-refractivity contribution in [2.24, 2.45) is 7.05 Å². The molecule has 0 aliphatic carbocycles. The highest BCUT2D eigenvalue weighted by Crippen LogP contribution is 2.10. The maximum absolute atomic E-state index is 10.4. The van der Waals surface area contributed by atoms with E-state index < -0.39 is 0 Å². The van der Waals surface area contributed by atoms with E-state index in [9.17, 15) is 4.79 Å². The molecule has 2 heterocycles. The quantitative estimate of drug-likeness (QED) is 0.580. The van der Waals surface area contributed by atoms with Crippen molar-refractivity contribution in [1.29, 1.82) is 0 Å². The molecule has 2 aromatic heterocycles. The van der Waals surface area contributed by atoms with Crippen molar-refractivity contribution in [3.8, 4) is 0 Å². The van der Waals surface area contributed by atoms with E-state index >= 15 is 0 Å². The number of hydrogen-bond acceptors (Lipinski definition) is 3. The normalized spacial score (nSPS) is 10.4. The maximum Gasteiger partial charge on any atom is 0.168 e. The van der Waals surface area contributed by atoms with Gasteiger partial charge in [-0.15, -0.1) is 0 Å². The molecule has 0 atom stereocenters. The second-order valence-electron chi connectivity index (χ2n) is 2.55. The van der Waals surface area contributed by atoms with Gasteiger partial charge in [0.1, 0.15) is 5.69 Å². The number of fused-ring (bicyclic) bond motifs is 1. The summed E-state index contributed by atoms with van der Waals surface area (Å²) in [5, 5.41) is 4.97. The summed E-state index contributed by atoms with van der Waals surface area (Å²) in [6.45, 7) is 0. The van der Waals surface area contributed by atoms with Gasteiger partial charge in [-0.2, -0.15) is 5.10 Å². The topological polar surface area (TPSA) is 47.8 Å². The van der Waals surface area contributed by atoms with Gasteiger partial charge in [0.15, 0.2) is 6.29 Å². The van der Waals surface area contributed by atoms with Gasteiger partial charge in [-0.25, -0.2) is 0 Å². The zero-order valence-corrected chi connectivity index (χ0v) is 6.56. The molecular formula is C8H7N3O. The monoisotopic (exact) mass is 161 g/mol. The Balaban J connectivity index is 2.77. The van der Waals surface area contributed by atoms with Gasteiger partial charge in [0, 0.05) is 12.4 Å². The van der Waals surface area contributed by atoms with Crippen molar-refractivity contribution in [1.82, 2.24) is 14.8 Å². The van der Waals surface area contributed by atoms with E-state index in [1.807, 2.05) is 7.05 Å². The fourth-order valence-corrected chi connectivity index (χ4v) is 1.13. The second-order valence-corrected chi connectivity index (χ2v) is 2.55. The molecule has 0 radical (unpaired) electrons. The van der Waals surface area contributed by atoms with E-state index in [0.29, 0.717) is 5.69 Å². The molecule has 0 bridgehead atoms. The summed E-state index contributed by atoms with van der Waals surface area (Å²) in [5.41, 5.74) is 1.37. The lowest BCUT2D eigenvalue weighted by atomic mass is 10.3. The Morgan fingerprint density at radius 3 is 3.08 bits per heavy atom. The molecule has 0 unspecified atom stereocenters. The molecule has 0 amide bonds. The van der Waals surface area contributed by atoms with Gasteiger partial charge >= 0.3 is 0 Å². The summed E-state index contributed by atoms with van der Waals surface area (Å²) in [7, 11) is 1.84. The molecule has 0 aliphatic rings. The van der Waals surface area contributed by atoms with Crippen LogP contribution in [0.4, 0.5) is 0 Å². The number of aldehydes is 1. The lowest BCUT2D eigenvalue weighted by molar-refractivity contribution is 0.111. The van der Waals surface area contributed by atoms with Gasteiger partial charge in [-0.3, -0.25) is 14.5 Å². The van der Waals surface area contributed by atoms with E-state index in [4.69, 9.17) is 0 Å². The summed E-state index contributed by atoms with van der Waals surface area (Å²) < 4.78 is 1.72. The molecule has 0 saturated carbocycles. The summed E-state index contributed by atoms with van der Waals surface area (Å²) in [5.74, 6) is 0. The Kier molecular flexibility index (Phi) is 1.40. The Morgan fingerprint density at radius 2 is 2.33 bits per heavy atom. The molecule has 60 valence electrons. The Hall–Kier alpha value is -1.71. The molecule has 0 aromatic carbocycles. The van der Waals surface area contributed by atoms with Crippen LogP contribution in [0.1, 0.15) is 10.5 Å². The van der Waals surface area contributed by atoms with Crippen LogP contribution >= 0.6 is 0 Å². The highest BCUT2D eigenvalue weighted by atomic mass is 16.1. The predicted molar refractivity (Wildman–Crippen MR) is 43.9 cm³/mol. The molecule has 2 aromatic rings. The van der Waals surface area contributed by atoms with Crippen LogP contribution in [0.15, 0.2) is 18.5 Å². The first kappa shape index (κ1) is 6.97. The molecule has 0 spiro atoms. The smallest absolute Gasteiger partial charge is 0.168 e. The van der Waals surface area contributed by atoms with Crippen molar-refractivity contribution >= 4 is 17.2 Å². The van der Waals surface area contributed by atoms with Crippen LogP contribution in [-0.4, -0.2) is 21.1 Å². The zero-order chi connectivity index (χ0) is 8.55. The van der Waals surface area contributed by atoms with Crippen molar-refractivity contribution in [2.75, 3.05) is 0 Å². The molecule has 0 fully saturated rings. The lowest BCUT2D eigenvalue weighted by Crippen LogP contribution is -1.90. The highest BCUT2D eigenvalue weighted by Gasteiger charge is 2.00. The van der Waals surface area contributed by atoms with Gasteiger partial charge in [-0.1, -0.05) is 0 Å².